The number of rotatable bonds is 4. The second kappa shape index (κ2) is 5.94. The molecule has 3 aromatic rings. The Morgan fingerprint density at radius 1 is 1.14 bits per heavy atom. The molecule has 0 saturated carbocycles. The highest BCUT2D eigenvalue weighted by molar-refractivity contribution is 5.78. The maximum Gasteiger partial charge on any atom is 0.172 e. The summed E-state index contributed by atoms with van der Waals surface area (Å²) in [6.45, 7) is 4.05. The van der Waals surface area contributed by atoms with Crippen molar-refractivity contribution in [3.8, 4) is 11.8 Å². The van der Waals surface area contributed by atoms with E-state index in [1.165, 1.54) is 0 Å². The van der Waals surface area contributed by atoms with Gasteiger partial charge in [0.15, 0.2) is 11.3 Å². The summed E-state index contributed by atoms with van der Waals surface area (Å²) in [5, 5.41) is 9.37. The highest BCUT2D eigenvalue weighted by Gasteiger charge is 2.16. The molecule has 2 aromatic heterocycles. The maximum absolute atomic E-state index is 9.37. The van der Waals surface area contributed by atoms with E-state index >= 15 is 0 Å². The molecular weight excluding hydrogens is 274 g/mol. The van der Waals surface area contributed by atoms with Crippen molar-refractivity contribution in [2.45, 2.75) is 33.1 Å². The topological polar surface area (TPSA) is 67.4 Å². The van der Waals surface area contributed by atoms with Gasteiger partial charge in [-0.2, -0.15) is 5.26 Å². The molecule has 5 heteroatoms. The number of nitrogens with zero attached hydrogens (tertiary/aromatic N) is 5. The molecule has 110 valence electrons. The number of para-hydroxylation sites is 1. The van der Waals surface area contributed by atoms with E-state index in [9.17, 15) is 5.26 Å². The second-order valence-corrected chi connectivity index (χ2v) is 5.21. The molecule has 2 heterocycles. The average molecular weight is 291 g/mol. The van der Waals surface area contributed by atoms with Crippen molar-refractivity contribution in [3.05, 3.63) is 47.7 Å². The van der Waals surface area contributed by atoms with Crippen LogP contribution < -0.4 is 0 Å². The molecule has 0 amide bonds. The van der Waals surface area contributed by atoms with E-state index in [-0.39, 0.29) is 0 Å². The number of fused-ring (bicyclic) bond motifs is 1. The average Bonchev–Trinajstić information content (AvgIpc) is 2.88. The number of hydrogen-bond donors (Lipinski definition) is 0. The van der Waals surface area contributed by atoms with Crippen LogP contribution >= 0.6 is 0 Å². The van der Waals surface area contributed by atoms with Crippen LogP contribution in [0.2, 0.25) is 0 Å². The van der Waals surface area contributed by atoms with Gasteiger partial charge in [0.05, 0.1) is 0 Å². The lowest BCUT2D eigenvalue weighted by molar-refractivity contribution is 0.753. The van der Waals surface area contributed by atoms with E-state index in [0.29, 0.717) is 22.7 Å². The molecule has 5 nitrogen and oxygen atoms in total. The van der Waals surface area contributed by atoms with Crippen molar-refractivity contribution in [2.75, 3.05) is 0 Å². The molecule has 0 saturated heterocycles. The first-order valence-corrected chi connectivity index (χ1v) is 7.46. The summed E-state index contributed by atoms with van der Waals surface area (Å²) in [4.78, 5) is 13.5. The molecule has 0 N–H and O–H groups in total. The van der Waals surface area contributed by atoms with Gasteiger partial charge in [0.1, 0.15) is 23.2 Å². The van der Waals surface area contributed by atoms with Crippen molar-refractivity contribution in [1.82, 2.24) is 19.5 Å². The number of hydrogen-bond acceptors (Lipinski definition) is 4. The monoisotopic (exact) mass is 291 g/mol. The van der Waals surface area contributed by atoms with Crippen molar-refractivity contribution in [2.24, 2.45) is 0 Å². The molecule has 0 aliphatic carbocycles. The Morgan fingerprint density at radius 3 is 2.59 bits per heavy atom. The molecule has 3 rings (SSSR count). The first-order valence-electron chi connectivity index (χ1n) is 7.46. The highest BCUT2D eigenvalue weighted by atomic mass is 15.1. The quantitative estimate of drug-likeness (QED) is 0.739. The van der Waals surface area contributed by atoms with Gasteiger partial charge >= 0.3 is 0 Å². The number of aromatic nitrogens is 4. The van der Waals surface area contributed by atoms with E-state index in [1.54, 1.807) is 0 Å². The molecule has 0 fully saturated rings. The molecule has 22 heavy (non-hydrogen) atoms. The molecular formula is C17H17N5. The fourth-order valence-corrected chi connectivity index (χ4v) is 2.52. The first kappa shape index (κ1) is 14.2. The summed E-state index contributed by atoms with van der Waals surface area (Å²) in [5.41, 5.74) is 2.63. The van der Waals surface area contributed by atoms with Gasteiger partial charge in [-0.05, 0) is 25.5 Å². The molecule has 0 unspecified atom stereocenters. The Bertz CT molecular complexity index is 843. The van der Waals surface area contributed by atoms with Gasteiger partial charge in [-0.25, -0.2) is 15.0 Å². The summed E-state index contributed by atoms with van der Waals surface area (Å²) < 4.78 is 1.98. The smallest absolute Gasteiger partial charge is 0.172 e. The summed E-state index contributed by atoms with van der Waals surface area (Å²) in [7, 11) is 0. The third-order valence-electron chi connectivity index (χ3n) is 3.60. The Labute approximate surface area is 129 Å². The van der Waals surface area contributed by atoms with Crippen LogP contribution in [-0.2, 0) is 6.42 Å². The summed E-state index contributed by atoms with van der Waals surface area (Å²) in [5.74, 6) is 1.52. The molecule has 0 bridgehead atoms. The van der Waals surface area contributed by atoms with E-state index in [4.69, 9.17) is 0 Å². The highest BCUT2D eigenvalue weighted by Crippen LogP contribution is 2.21. The van der Waals surface area contributed by atoms with Crippen LogP contribution in [0.25, 0.3) is 16.9 Å². The molecule has 0 aliphatic rings. The minimum absolute atomic E-state index is 0.355. The van der Waals surface area contributed by atoms with Crippen LogP contribution in [0, 0.1) is 18.3 Å². The Hall–Kier alpha value is -2.74. The first-order chi connectivity index (χ1) is 10.7. The summed E-state index contributed by atoms with van der Waals surface area (Å²) >= 11 is 0. The molecule has 0 spiro atoms. The normalized spacial score (nSPS) is 10.8. The number of aryl methyl sites for hydroxylation is 2. The van der Waals surface area contributed by atoms with Crippen LogP contribution in [0.1, 0.15) is 37.1 Å². The Kier molecular flexibility index (Phi) is 3.84. The van der Waals surface area contributed by atoms with Crippen LogP contribution in [0.15, 0.2) is 30.3 Å². The lowest BCUT2D eigenvalue weighted by atomic mass is 10.2. The zero-order valence-electron chi connectivity index (χ0n) is 12.7. The lowest BCUT2D eigenvalue weighted by Crippen LogP contribution is -2.03. The van der Waals surface area contributed by atoms with Gasteiger partial charge in [-0.1, -0.05) is 31.5 Å². The van der Waals surface area contributed by atoms with Crippen LogP contribution in [0.5, 0.6) is 0 Å². The molecule has 1 aromatic carbocycles. The third-order valence-corrected chi connectivity index (χ3v) is 3.60. The van der Waals surface area contributed by atoms with Gasteiger partial charge in [-0.3, -0.25) is 4.57 Å². The molecule has 0 atom stereocenters. The molecule has 0 radical (unpaired) electrons. The second-order valence-electron chi connectivity index (χ2n) is 5.21. The lowest BCUT2D eigenvalue weighted by Gasteiger charge is -2.07. The fraction of sp³-hybridized carbons (Fsp3) is 0.294. The largest absolute Gasteiger partial charge is 0.281 e. The number of unbranched alkanes of at least 4 members (excludes halogenated alkanes) is 1. The van der Waals surface area contributed by atoms with Crippen molar-refractivity contribution < 1.29 is 0 Å². The zero-order valence-corrected chi connectivity index (χ0v) is 12.7. The van der Waals surface area contributed by atoms with Gasteiger partial charge in [0.25, 0.3) is 0 Å². The minimum atomic E-state index is 0.355. The van der Waals surface area contributed by atoms with Crippen molar-refractivity contribution in [1.29, 1.82) is 5.26 Å². The Morgan fingerprint density at radius 2 is 1.91 bits per heavy atom. The van der Waals surface area contributed by atoms with Crippen molar-refractivity contribution in [3.63, 3.8) is 0 Å². The van der Waals surface area contributed by atoms with Gasteiger partial charge in [-0.15, -0.1) is 0 Å². The van der Waals surface area contributed by atoms with Crippen LogP contribution in [0.3, 0.4) is 0 Å². The predicted molar refractivity (Wildman–Crippen MR) is 84.7 cm³/mol. The van der Waals surface area contributed by atoms with Gasteiger partial charge in [0, 0.05) is 12.1 Å². The zero-order chi connectivity index (χ0) is 15.5. The fourth-order valence-electron chi connectivity index (χ4n) is 2.52. The Balaban J connectivity index is 2.25. The van der Waals surface area contributed by atoms with Crippen LogP contribution in [0.4, 0.5) is 0 Å². The van der Waals surface area contributed by atoms with Gasteiger partial charge in [0.2, 0.25) is 0 Å². The van der Waals surface area contributed by atoms with Gasteiger partial charge < -0.3 is 0 Å². The van der Waals surface area contributed by atoms with E-state index < -0.39 is 0 Å². The molecule has 0 aliphatic heterocycles. The number of imidazole rings is 1. The standard InChI is InChI=1S/C17H17N5/c1-3-4-10-15-20-14(11-18)16-17(21-15)22(12(2)19-16)13-8-6-5-7-9-13/h5-9H,3-4,10H2,1-2H3. The summed E-state index contributed by atoms with van der Waals surface area (Å²) in [6.07, 6.45) is 2.86. The minimum Gasteiger partial charge on any atom is -0.281 e. The van der Waals surface area contributed by atoms with Crippen molar-refractivity contribution >= 4 is 11.2 Å². The van der Waals surface area contributed by atoms with Crippen LogP contribution in [-0.4, -0.2) is 19.5 Å². The maximum atomic E-state index is 9.37. The number of benzene rings is 1. The third kappa shape index (κ3) is 2.44. The van der Waals surface area contributed by atoms with E-state index in [1.807, 2.05) is 41.8 Å². The number of nitriles is 1. The SMILES string of the molecule is CCCCc1nc(C#N)c2nc(C)n(-c3ccccc3)c2n1. The summed E-state index contributed by atoms with van der Waals surface area (Å²) in [6, 6.07) is 12.1. The van der Waals surface area contributed by atoms with E-state index in [0.717, 1.165) is 30.8 Å². The predicted octanol–water partition coefficient (Wildman–Crippen LogP) is 3.34. The van der Waals surface area contributed by atoms with E-state index in [2.05, 4.69) is 27.9 Å².